The lowest BCUT2D eigenvalue weighted by atomic mass is 10.2. The standard InChI is InChI=1S/C12H13F3N4S/c1-16-10-4-8(12(13,14)15)5-11(19-10)17-3-2-9-6-20-7-18-9/h4-7H,2-3H2,1H3,(H2,16,17,19). The molecule has 0 radical (unpaired) electrons. The van der Waals surface area contributed by atoms with Crippen LogP contribution >= 0.6 is 11.3 Å². The Hall–Kier alpha value is -1.83. The highest BCUT2D eigenvalue weighted by Crippen LogP contribution is 2.31. The third-order valence-electron chi connectivity index (χ3n) is 2.58. The Morgan fingerprint density at radius 3 is 2.60 bits per heavy atom. The molecule has 0 fully saturated rings. The van der Waals surface area contributed by atoms with Crippen molar-refractivity contribution >= 4 is 23.0 Å². The van der Waals surface area contributed by atoms with Crippen molar-refractivity contribution in [3.8, 4) is 0 Å². The molecular weight excluding hydrogens is 289 g/mol. The van der Waals surface area contributed by atoms with Gasteiger partial charge in [-0.15, -0.1) is 11.3 Å². The van der Waals surface area contributed by atoms with Crippen LogP contribution in [0.4, 0.5) is 24.8 Å². The van der Waals surface area contributed by atoms with E-state index in [0.29, 0.717) is 13.0 Å². The van der Waals surface area contributed by atoms with Gasteiger partial charge in [0.15, 0.2) is 0 Å². The lowest BCUT2D eigenvalue weighted by molar-refractivity contribution is -0.137. The van der Waals surface area contributed by atoms with Gasteiger partial charge in [-0.25, -0.2) is 9.97 Å². The maximum absolute atomic E-state index is 12.7. The van der Waals surface area contributed by atoms with E-state index in [1.807, 2.05) is 5.38 Å². The zero-order valence-electron chi connectivity index (χ0n) is 10.7. The van der Waals surface area contributed by atoms with Crippen molar-refractivity contribution in [3.05, 3.63) is 34.3 Å². The molecule has 8 heteroatoms. The lowest BCUT2D eigenvalue weighted by Gasteiger charge is -2.12. The summed E-state index contributed by atoms with van der Waals surface area (Å²) in [5.41, 5.74) is 1.90. The predicted molar refractivity (Wildman–Crippen MR) is 73.1 cm³/mol. The molecule has 0 aliphatic carbocycles. The predicted octanol–water partition coefficient (Wildman–Crippen LogP) is 3.25. The van der Waals surface area contributed by atoms with E-state index in [4.69, 9.17) is 0 Å². The van der Waals surface area contributed by atoms with Crippen LogP contribution in [-0.4, -0.2) is 23.6 Å². The highest BCUT2D eigenvalue weighted by atomic mass is 32.1. The van der Waals surface area contributed by atoms with Crippen molar-refractivity contribution < 1.29 is 13.2 Å². The molecule has 0 saturated heterocycles. The first kappa shape index (κ1) is 14.6. The smallest absolute Gasteiger partial charge is 0.373 e. The second-order valence-electron chi connectivity index (χ2n) is 4.03. The quantitative estimate of drug-likeness (QED) is 0.890. The third-order valence-corrected chi connectivity index (χ3v) is 3.21. The number of alkyl halides is 3. The Balaban J connectivity index is 2.06. The first-order chi connectivity index (χ1) is 9.49. The van der Waals surface area contributed by atoms with Crippen LogP contribution in [-0.2, 0) is 12.6 Å². The van der Waals surface area contributed by atoms with Crippen LogP contribution in [0.25, 0.3) is 0 Å². The molecule has 0 unspecified atom stereocenters. The van der Waals surface area contributed by atoms with Crippen LogP contribution in [0, 0.1) is 0 Å². The molecule has 2 rings (SSSR count). The van der Waals surface area contributed by atoms with Crippen molar-refractivity contribution in [3.63, 3.8) is 0 Å². The van der Waals surface area contributed by atoms with Gasteiger partial charge in [-0.05, 0) is 12.1 Å². The van der Waals surface area contributed by atoms with E-state index >= 15 is 0 Å². The van der Waals surface area contributed by atoms with Gasteiger partial charge >= 0.3 is 6.18 Å². The highest BCUT2D eigenvalue weighted by molar-refractivity contribution is 7.07. The molecule has 2 aromatic heterocycles. The molecule has 0 aromatic carbocycles. The summed E-state index contributed by atoms with van der Waals surface area (Å²) in [4.78, 5) is 8.15. The molecule has 0 spiro atoms. The van der Waals surface area contributed by atoms with E-state index in [0.717, 1.165) is 17.8 Å². The fourth-order valence-corrected chi connectivity index (χ4v) is 2.19. The number of hydrogen-bond donors (Lipinski definition) is 2. The Kier molecular flexibility index (Phi) is 4.43. The number of nitrogens with one attached hydrogen (secondary N) is 2. The normalized spacial score (nSPS) is 11.4. The molecule has 108 valence electrons. The van der Waals surface area contributed by atoms with Crippen molar-refractivity contribution in [2.75, 3.05) is 24.2 Å². The largest absolute Gasteiger partial charge is 0.416 e. The zero-order valence-corrected chi connectivity index (χ0v) is 11.5. The monoisotopic (exact) mass is 302 g/mol. The molecule has 0 saturated carbocycles. The van der Waals surface area contributed by atoms with Gasteiger partial charge in [0.2, 0.25) is 0 Å². The van der Waals surface area contributed by atoms with Gasteiger partial charge in [0.05, 0.1) is 16.8 Å². The number of pyridine rings is 1. The average molecular weight is 302 g/mol. The number of nitrogens with zero attached hydrogens (tertiary/aromatic N) is 2. The molecular formula is C12H13F3N4S. The van der Waals surface area contributed by atoms with E-state index in [-0.39, 0.29) is 11.6 Å². The molecule has 0 amide bonds. The van der Waals surface area contributed by atoms with E-state index < -0.39 is 11.7 Å². The van der Waals surface area contributed by atoms with Gasteiger partial charge in [-0.3, -0.25) is 0 Å². The van der Waals surface area contributed by atoms with Gasteiger partial charge < -0.3 is 10.6 Å². The number of halogens is 3. The van der Waals surface area contributed by atoms with E-state index in [2.05, 4.69) is 20.6 Å². The van der Waals surface area contributed by atoms with Gasteiger partial charge in [0.25, 0.3) is 0 Å². The van der Waals surface area contributed by atoms with Gasteiger partial charge in [-0.1, -0.05) is 0 Å². The third kappa shape index (κ3) is 3.83. The Labute approximate surface area is 118 Å². The second kappa shape index (κ2) is 6.08. The summed E-state index contributed by atoms with van der Waals surface area (Å²) in [6, 6.07) is 1.98. The Morgan fingerprint density at radius 2 is 2.00 bits per heavy atom. The molecule has 2 aromatic rings. The molecule has 4 nitrogen and oxygen atoms in total. The number of rotatable bonds is 5. The van der Waals surface area contributed by atoms with Gasteiger partial charge in [0, 0.05) is 25.4 Å². The number of anilines is 2. The SMILES string of the molecule is CNc1cc(C(F)(F)F)cc(NCCc2cscn2)n1. The van der Waals surface area contributed by atoms with Crippen LogP contribution in [0.2, 0.25) is 0 Å². The first-order valence-corrected chi connectivity index (χ1v) is 6.81. The minimum atomic E-state index is -4.39. The molecule has 2 N–H and O–H groups in total. The van der Waals surface area contributed by atoms with Crippen molar-refractivity contribution in [2.24, 2.45) is 0 Å². The summed E-state index contributed by atoms with van der Waals surface area (Å²) >= 11 is 1.48. The molecule has 0 aliphatic rings. The van der Waals surface area contributed by atoms with Crippen LogP contribution in [0.5, 0.6) is 0 Å². The zero-order chi connectivity index (χ0) is 14.6. The highest BCUT2D eigenvalue weighted by Gasteiger charge is 2.31. The number of hydrogen-bond acceptors (Lipinski definition) is 5. The number of aromatic nitrogens is 2. The van der Waals surface area contributed by atoms with E-state index in [9.17, 15) is 13.2 Å². The second-order valence-corrected chi connectivity index (χ2v) is 4.75. The molecule has 0 aliphatic heterocycles. The molecule has 2 heterocycles. The first-order valence-electron chi connectivity index (χ1n) is 5.87. The lowest BCUT2D eigenvalue weighted by Crippen LogP contribution is -2.11. The van der Waals surface area contributed by atoms with E-state index in [1.165, 1.54) is 18.4 Å². The maximum atomic E-state index is 12.7. The summed E-state index contributed by atoms with van der Waals surface area (Å²) in [5.74, 6) is 0.371. The van der Waals surface area contributed by atoms with Crippen molar-refractivity contribution in [2.45, 2.75) is 12.6 Å². The number of thiazole rings is 1. The minimum absolute atomic E-state index is 0.177. The summed E-state index contributed by atoms with van der Waals surface area (Å²) in [7, 11) is 1.53. The van der Waals surface area contributed by atoms with Crippen LogP contribution in [0.3, 0.4) is 0 Å². The van der Waals surface area contributed by atoms with Gasteiger partial charge in [0.1, 0.15) is 11.6 Å². The summed E-state index contributed by atoms with van der Waals surface area (Å²) in [6.07, 6.45) is -3.75. The van der Waals surface area contributed by atoms with Crippen LogP contribution in [0.1, 0.15) is 11.3 Å². The minimum Gasteiger partial charge on any atom is -0.373 e. The summed E-state index contributed by atoms with van der Waals surface area (Å²) < 4.78 is 38.2. The molecule has 20 heavy (non-hydrogen) atoms. The summed E-state index contributed by atoms with van der Waals surface area (Å²) in [5, 5.41) is 7.41. The topological polar surface area (TPSA) is 49.8 Å². The van der Waals surface area contributed by atoms with Crippen LogP contribution in [0.15, 0.2) is 23.0 Å². The van der Waals surface area contributed by atoms with Crippen LogP contribution < -0.4 is 10.6 Å². The molecule has 0 atom stereocenters. The van der Waals surface area contributed by atoms with Crippen molar-refractivity contribution in [1.82, 2.24) is 9.97 Å². The fraction of sp³-hybridized carbons (Fsp3) is 0.333. The fourth-order valence-electron chi connectivity index (χ4n) is 1.59. The van der Waals surface area contributed by atoms with E-state index in [1.54, 1.807) is 5.51 Å². The van der Waals surface area contributed by atoms with Gasteiger partial charge in [-0.2, -0.15) is 13.2 Å². The Morgan fingerprint density at radius 1 is 1.25 bits per heavy atom. The van der Waals surface area contributed by atoms with Crippen molar-refractivity contribution in [1.29, 1.82) is 0 Å². The summed E-state index contributed by atoms with van der Waals surface area (Å²) in [6.45, 7) is 0.473. The Bertz CT molecular complexity index is 554. The molecule has 0 bridgehead atoms. The average Bonchev–Trinajstić information content (AvgIpc) is 2.90. The maximum Gasteiger partial charge on any atom is 0.416 e.